The summed E-state index contributed by atoms with van der Waals surface area (Å²) in [5.74, 6) is 1.00. The van der Waals surface area contributed by atoms with Gasteiger partial charge in [0.15, 0.2) is 5.96 Å². The van der Waals surface area contributed by atoms with Gasteiger partial charge in [0.05, 0.1) is 18.8 Å². The van der Waals surface area contributed by atoms with E-state index in [0.717, 1.165) is 64.9 Å². The second-order valence-electron chi connectivity index (χ2n) is 8.66. The molecule has 3 atom stereocenters. The fourth-order valence-corrected chi connectivity index (χ4v) is 4.81. The van der Waals surface area contributed by atoms with Crippen LogP contribution in [-0.4, -0.2) is 117 Å². The Morgan fingerprint density at radius 1 is 1.10 bits per heavy atom. The number of halogens is 1. The molecule has 3 saturated heterocycles. The highest BCUT2D eigenvalue weighted by molar-refractivity contribution is 14.0. The van der Waals surface area contributed by atoms with Gasteiger partial charge in [0.1, 0.15) is 0 Å². The summed E-state index contributed by atoms with van der Waals surface area (Å²) in [7, 11) is 6.32. The van der Waals surface area contributed by atoms with E-state index in [9.17, 15) is 0 Å². The van der Waals surface area contributed by atoms with Gasteiger partial charge in [-0.1, -0.05) is 30.3 Å². The van der Waals surface area contributed by atoms with Crippen molar-refractivity contribution in [1.29, 1.82) is 0 Å². The number of likely N-dealkylation sites (N-methyl/N-ethyl adjacent to an activating group) is 2. The predicted octanol–water partition coefficient (Wildman–Crippen LogP) is 1.01. The van der Waals surface area contributed by atoms with Crippen molar-refractivity contribution in [2.24, 2.45) is 4.99 Å². The number of hydrogen-bond acceptors (Lipinski definition) is 5. The fourth-order valence-electron chi connectivity index (χ4n) is 4.81. The largest absolute Gasteiger partial charge is 0.373 e. The van der Waals surface area contributed by atoms with Crippen molar-refractivity contribution in [2.75, 3.05) is 73.6 Å². The van der Waals surface area contributed by atoms with Crippen LogP contribution in [0.2, 0.25) is 0 Å². The Morgan fingerprint density at radius 3 is 2.67 bits per heavy atom. The molecule has 0 saturated carbocycles. The first-order chi connectivity index (χ1) is 14.1. The number of hydrogen-bond donors (Lipinski definition) is 1. The Labute approximate surface area is 198 Å². The molecule has 0 aromatic heterocycles. The number of rotatable bonds is 4. The zero-order valence-electron chi connectivity index (χ0n) is 18.5. The van der Waals surface area contributed by atoms with E-state index in [1.54, 1.807) is 0 Å². The zero-order chi connectivity index (χ0) is 20.2. The standard InChI is InChI=1S/C22H36N6O.HI/c1-23-22(24-13-19-15-25(2)9-10-26(19)3)28-16-20-21(17-28)29-12-11-27(20)14-18-7-5-4-6-8-18;/h4-8,19-21H,9-17H2,1-3H3,(H,23,24);1H. The summed E-state index contributed by atoms with van der Waals surface area (Å²) in [6.45, 7) is 8.97. The molecule has 168 valence electrons. The molecule has 1 aromatic rings. The number of ether oxygens (including phenoxy) is 1. The topological polar surface area (TPSA) is 46.6 Å². The van der Waals surface area contributed by atoms with Gasteiger partial charge in [-0.25, -0.2) is 0 Å². The van der Waals surface area contributed by atoms with Gasteiger partial charge in [0.25, 0.3) is 0 Å². The molecule has 0 spiro atoms. The van der Waals surface area contributed by atoms with Gasteiger partial charge in [0, 0.05) is 65.4 Å². The lowest BCUT2D eigenvalue weighted by atomic mass is 10.1. The van der Waals surface area contributed by atoms with E-state index in [1.807, 2.05) is 7.05 Å². The Kier molecular flexibility index (Phi) is 8.76. The van der Waals surface area contributed by atoms with Gasteiger partial charge in [-0.3, -0.25) is 14.8 Å². The van der Waals surface area contributed by atoms with Crippen LogP contribution in [0.4, 0.5) is 0 Å². The second kappa shape index (κ2) is 11.1. The van der Waals surface area contributed by atoms with Crippen LogP contribution in [-0.2, 0) is 11.3 Å². The Bertz CT molecular complexity index is 689. The number of benzene rings is 1. The Hall–Kier alpha value is -0.940. The molecule has 1 aromatic carbocycles. The average molecular weight is 528 g/mol. The molecule has 0 amide bonds. The molecule has 4 rings (SSSR count). The molecule has 1 N–H and O–H groups in total. The highest BCUT2D eigenvalue weighted by Gasteiger charge is 2.41. The third kappa shape index (κ3) is 5.64. The number of fused-ring (bicyclic) bond motifs is 1. The van der Waals surface area contributed by atoms with Gasteiger partial charge in [0.2, 0.25) is 0 Å². The van der Waals surface area contributed by atoms with Crippen LogP contribution in [0.15, 0.2) is 35.3 Å². The third-order valence-electron chi connectivity index (χ3n) is 6.63. The van der Waals surface area contributed by atoms with E-state index in [2.05, 4.69) is 74.3 Å². The first-order valence-corrected chi connectivity index (χ1v) is 10.9. The van der Waals surface area contributed by atoms with E-state index >= 15 is 0 Å². The van der Waals surface area contributed by atoms with Crippen molar-refractivity contribution in [2.45, 2.75) is 24.7 Å². The fraction of sp³-hybridized carbons (Fsp3) is 0.682. The molecular weight excluding hydrogens is 491 g/mol. The summed E-state index contributed by atoms with van der Waals surface area (Å²) in [5.41, 5.74) is 1.37. The molecule has 30 heavy (non-hydrogen) atoms. The van der Waals surface area contributed by atoms with Crippen LogP contribution in [0.1, 0.15) is 5.56 Å². The smallest absolute Gasteiger partial charge is 0.193 e. The van der Waals surface area contributed by atoms with Crippen LogP contribution in [0, 0.1) is 0 Å². The molecule has 3 unspecified atom stereocenters. The maximum Gasteiger partial charge on any atom is 0.193 e. The summed E-state index contributed by atoms with van der Waals surface area (Å²) in [4.78, 5) is 14.4. The normalized spacial score (nSPS) is 28.8. The van der Waals surface area contributed by atoms with Crippen LogP contribution in [0.3, 0.4) is 0 Å². The zero-order valence-corrected chi connectivity index (χ0v) is 20.9. The molecule has 3 heterocycles. The Balaban J connectivity index is 0.00000256. The first kappa shape index (κ1) is 23.7. The molecule has 0 bridgehead atoms. The Morgan fingerprint density at radius 2 is 1.90 bits per heavy atom. The van der Waals surface area contributed by atoms with E-state index in [-0.39, 0.29) is 30.1 Å². The van der Waals surface area contributed by atoms with Crippen LogP contribution in [0.5, 0.6) is 0 Å². The van der Waals surface area contributed by atoms with Crippen molar-refractivity contribution in [3.05, 3.63) is 35.9 Å². The van der Waals surface area contributed by atoms with Crippen molar-refractivity contribution in [1.82, 2.24) is 24.9 Å². The highest BCUT2D eigenvalue weighted by atomic mass is 127. The number of nitrogens with zero attached hydrogens (tertiary/aromatic N) is 5. The van der Waals surface area contributed by atoms with Gasteiger partial charge in [-0.2, -0.15) is 0 Å². The summed E-state index contributed by atoms with van der Waals surface area (Å²) in [5, 5.41) is 3.64. The number of morpholine rings is 1. The monoisotopic (exact) mass is 528 g/mol. The predicted molar refractivity (Wildman–Crippen MR) is 133 cm³/mol. The lowest BCUT2D eigenvalue weighted by molar-refractivity contribution is -0.0502. The maximum absolute atomic E-state index is 6.14. The van der Waals surface area contributed by atoms with Crippen molar-refractivity contribution in [3.63, 3.8) is 0 Å². The van der Waals surface area contributed by atoms with Gasteiger partial charge in [-0.05, 0) is 19.7 Å². The summed E-state index contributed by atoms with van der Waals surface area (Å²) >= 11 is 0. The van der Waals surface area contributed by atoms with Crippen molar-refractivity contribution in [3.8, 4) is 0 Å². The lowest BCUT2D eigenvalue weighted by Crippen LogP contribution is -2.55. The molecule has 3 aliphatic rings. The minimum Gasteiger partial charge on any atom is -0.373 e. The molecule has 0 radical (unpaired) electrons. The van der Waals surface area contributed by atoms with Crippen LogP contribution < -0.4 is 5.32 Å². The lowest BCUT2D eigenvalue weighted by Gasteiger charge is -2.38. The summed E-state index contributed by atoms with van der Waals surface area (Å²) in [6.07, 6.45) is 0.259. The average Bonchev–Trinajstić information content (AvgIpc) is 3.17. The minimum absolute atomic E-state index is 0. The SMILES string of the molecule is CN=C(NCC1CN(C)CCN1C)N1CC2OCCN(Cc3ccccc3)C2C1.I. The number of piperazine rings is 1. The van der Waals surface area contributed by atoms with Crippen molar-refractivity contribution >= 4 is 29.9 Å². The highest BCUT2D eigenvalue weighted by Crippen LogP contribution is 2.24. The third-order valence-corrected chi connectivity index (χ3v) is 6.63. The van der Waals surface area contributed by atoms with Crippen LogP contribution >= 0.6 is 24.0 Å². The molecule has 7 nitrogen and oxygen atoms in total. The van der Waals surface area contributed by atoms with Gasteiger partial charge < -0.3 is 19.9 Å². The number of likely N-dealkylation sites (tertiary alicyclic amines) is 1. The maximum atomic E-state index is 6.14. The molecule has 0 aliphatic carbocycles. The molecule has 3 fully saturated rings. The van der Waals surface area contributed by atoms with Gasteiger partial charge >= 0.3 is 0 Å². The summed E-state index contributed by atoms with van der Waals surface area (Å²) in [6, 6.07) is 11.7. The first-order valence-electron chi connectivity index (χ1n) is 10.9. The van der Waals surface area contributed by atoms with Crippen molar-refractivity contribution < 1.29 is 4.74 Å². The van der Waals surface area contributed by atoms with E-state index in [4.69, 9.17) is 4.74 Å². The van der Waals surface area contributed by atoms with E-state index < -0.39 is 0 Å². The number of nitrogens with one attached hydrogen (secondary N) is 1. The van der Waals surface area contributed by atoms with E-state index in [1.165, 1.54) is 5.56 Å². The minimum atomic E-state index is 0. The number of aliphatic imine (C=N–C) groups is 1. The molecule has 3 aliphatic heterocycles. The molecular formula is C22H37IN6O. The van der Waals surface area contributed by atoms with E-state index in [0.29, 0.717) is 12.1 Å². The number of guanidine groups is 1. The second-order valence-corrected chi connectivity index (χ2v) is 8.66. The summed E-state index contributed by atoms with van der Waals surface area (Å²) < 4.78 is 6.14. The van der Waals surface area contributed by atoms with Crippen LogP contribution in [0.25, 0.3) is 0 Å². The molecule has 8 heteroatoms. The quantitative estimate of drug-likeness (QED) is 0.358. The van der Waals surface area contributed by atoms with Gasteiger partial charge in [-0.15, -0.1) is 24.0 Å².